The first-order valence-electron chi connectivity index (χ1n) is 14.0. The molecule has 2 N–H and O–H groups in total. The lowest BCUT2D eigenvalue weighted by atomic mass is 10.1. The van der Waals surface area contributed by atoms with Crippen molar-refractivity contribution in [3.8, 4) is 0 Å². The number of ether oxygens (including phenoxy) is 4. The van der Waals surface area contributed by atoms with Crippen LogP contribution in [0.25, 0.3) is 0 Å². The molecule has 2 atom stereocenters. The van der Waals surface area contributed by atoms with Crippen LogP contribution in [0.2, 0.25) is 0 Å². The summed E-state index contributed by atoms with van der Waals surface area (Å²) in [5.74, 6) is 0. The molecule has 2 unspecified atom stereocenters. The van der Waals surface area contributed by atoms with E-state index in [4.69, 9.17) is 18.9 Å². The fourth-order valence-electron chi connectivity index (χ4n) is 4.26. The maximum atomic E-state index is 10.6. The molecule has 0 aromatic heterocycles. The van der Waals surface area contributed by atoms with Gasteiger partial charge in [-0.1, -0.05) is 51.0 Å². The highest BCUT2D eigenvalue weighted by Gasteiger charge is 2.23. The third kappa shape index (κ3) is 10.8. The molecule has 0 saturated carbocycles. The molecule has 10 nitrogen and oxygen atoms in total. The Labute approximate surface area is 227 Å². The van der Waals surface area contributed by atoms with Gasteiger partial charge in [0, 0.05) is 26.3 Å². The van der Waals surface area contributed by atoms with Gasteiger partial charge in [0.05, 0.1) is 51.6 Å². The number of hydrogen-bond donors (Lipinski definition) is 2. The Hall–Kier alpha value is -2.40. The van der Waals surface area contributed by atoms with Crippen LogP contribution < -0.4 is 0 Å². The second-order valence-corrected chi connectivity index (χ2v) is 9.77. The summed E-state index contributed by atoms with van der Waals surface area (Å²) < 4.78 is 22.7. The third-order valence-electron chi connectivity index (χ3n) is 6.19. The zero-order chi connectivity index (χ0) is 27.0. The van der Waals surface area contributed by atoms with Crippen LogP contribution >= 0.6 is 0 Å². The topological polar surface area (TPSA) is 109 Å². The molecule has 0 fully saturated rings. The van der Waals surface area contributed by atoms with Crippen molar-refractivity contribution in [3.63, 3.8) is 0 Å². The maximum Gasteiger partial charge on any atom is 0.287 e. The van der Waals surface area contributed by atoms with Gasteiger partial charge in [-0.2, -0.15) is 0 Å². The van der Waals surface area contributed by atoms with Crippen LogP contribution in [0.4, 0.5) is 0 Å². The van der Waals surface area contributed by atoms with Crippen LogP contribution in [-0.4, -0.2) is 110 Å². The lowest BCUT2D eigenvalue weighted by molar-refractivity contribution is 0.0216. The smallest absolute Gasteiger partial charge is 0.287 e. The van der Waals surface area contributed by atoms with E-state index in [1.54, 1.807) is 0 Å². The molecule has 2 aliphatic rings. The maximum absolute atomic E-state index is 10.6. The van der Waals surface area contributed by atoms with Gasteiger partial charge in [0.2, 0.25) is 0 Å². The van der Waals surface area contributed by atoms with Gasteiger partial charge < -0.3 is 39.0 Å². The SMILES string of the molecule is CCCCOCC(O)CN(Cc1cccc(CN(CC(O)COCCCC)C2=NCCO2)c1)C1=NCCO1. The van der Waals surface area contributed by atoms with Gasteiger partial charge in [-0.25, -0.2) is 9.98 Å². The van der Waals surface area contributed by atoms with Crippen molar-refractivity contribution >= 4 is 12.0 Å². The standard InChI is InChI=1S/C28H46N4O6/c1-3-5-12-35-21-25(33)19-31(27-29-10-14-37-27)17-23-8-7-9-24(16-23)18-32(28-30-11-15-38-28)20-26(34)22-36-13-6-4-2/h7-9,16,25-26,33-34H,3-6,10-15,17-22H2,1-2H3. The normalized spacial score (nSPS) is 16.4. The average molecular weight is 535 g/mol. The predicted molar refractivity (Wildman–Crippen MR) is 147 cm³/mol. The number of unbranched alkanes of at least 4 members (excludes halogenated alkanes) is 2. The minimum atomic E-state index is -0.643. The minimum Gasteiger partial charge on any atom is -0.463 e. The molecule has 2 aliphatic heterocycles. The lowest BCUT2D eigenvalue weighted by Crippen LogP contribution is -2.39. The van der Waals surface area contributed by atoms with Gasteiger partial charge in [-0.15, -0.1) is 0 Å². The fraction of sp³-hybridized carbons (Fsp3) is 0.714. The van der Waals surface area contributed by atoms with E-state index in [0.717, 1.165) is 36.8 Å². The highest BCUT2D eigenvalue weighted by Crippen LogP contribution is 2.15. The molecular formula is C28H46N4O6. The van der Waals surface area contributed by atoms with E-state index in [2.05, 4.69) is 42.0 Å². The predicted octanol–water partition coefficient (Wildman–Crippen LogP) is 2.42. The Kier molecular flexibility index (Phi) is 13.7. The molecule has 1 aromatic carbocycles. The summed E-state index contributed by atoms with van der Waals surface area (Å²) in [4.78, 5) is 12.9. The molecule has 1 aromatic rings. The Bertz CT molecular complexity index is 802. The van der Waals surface area contributed by atoms with Gasteiger partial charge in [0.25, 0.3) is 12.0 Å². The van der Waals surface area contributed by atoms with Crippen molar-refractivity contribution in [2.45, 2.75) is 64.8 Å². The highest BCUT2D eigenvalue weighted by molar-refractivity contribution is 5.75. The number of aliphatic imine (C=N–C) groups is 2. The number of nitrogens with zero attached hydrogens (tertiary/aromatic N) is 4. The summed E-state index contributed by atoms with van der Waals surface area (Å²) in [5, 5.41) is 21.2. The van der Waals surface area contributed by atoms with Crippen molar-refractivity contribution < 1.29 is 29.2 Å². The molecule has 3 rings (SSSR count). The van der Waals surface area contributed by atoms with Gasteiger partial charge in [-0.05, 0) is 24.0 Å². The Morgan fingerprint density at radius 2 is 1.29 bits per heavy atom. The Morgan fingerprint density at radius 3 is 1.68 bits per heavy atom. The van der Waals surface area contributed by atoms with Crippen LogP contribution in [0.1, 0.15) is 50.7 Å². The molecule has 0 spiro atoms. The average Bonchev–Trinajstić information content (AvgIpc) is 3.64. The van der Waals surface area contributed by atoms with Crippen molar-refractivity contribution in [2.75, 3.05) is 65.8 Å². The summed E-state index contributed by atoms with van der Waals surface area (Å²) in [6.07, 6.45) is 2.80. The number of benzene rings is 1. The van der Waals surface area contributed by atoms with Crippen molar-refractivity contribution in [2.24, 2.45) is 9.98 Å². The number of aliphatic hydroxyl groups is 2. The fourth-order valence-corrected chi connectivity index (χ4v) is 4.26. The first kappa shape index (κ1) is 30.1. The Morgan fingerprint density at radius 1 is 0.816 bits per heavy atom. The van der Waals surface area contributed by atoms with E-state index < -0.39 is 12.2 Å². The molecule has 10 heteroatoms. The van der Waals surface area contributed by atoms with Crippen LogP contribution in [-0.2, 0) is 32.0 Å². The van der Waals surface area contributed by atoms with Crippen LogP contribution in [0.5, 0.6) is 0 Å². The number of amidine groups is 2. The molecule has 0 saturated heterocycles. The second-order valence-electron chi connectivity index (χ2n) is 9.77. The van der Waals surface area contributed by atoms with Crippen molar-refractivity contribution in [1.82, 2.24) is 9.80 Å². The van der Waals surface area contributed by atoms with E-state index in [-0.39, 0.29) is 13.2 Å². The summed E-state index contributed by atoms with van der Waals surface area (Å²) in [6.45, 7) is 10.3. The Balaban J connectivity index is 1.62. The number of rotatable bonds is 18. The van der Waals surface area contributed by atoms with E-state index in [1.165, 1.54) is 0 Å². The molecule has 38 heavy (non-hydrogen) atoms. The monoisotopic (exact) mass is 534 g/mol. The van der Waals surface area contributed by atoms with Crippen molar-refractivity contribution in [3.05, 3.63) is 35.4 Å². The first-order valence-corrected chi connectivity index (χ1v) is 14.0. The summed E-state index contributed by atoms with van der Waals surface area (Å²) in [7, 11) is 0. The number of hydrogen-bond acceptors (Lipinski definition) is 10. The zero-order valence-electron chi connectivity index (χ0n) is 23.1. The van der Waals surface area contributed by atoms with E-state index in [0.29, 0.717) is 77.7 Å². The first-order chi connectivity index (χ1) is 18.6. The summed E-state index contributed by atoms with van der Waals surface area (Å²) >= 11 is 0. The van der Waals surface area contributed by atoms with Crippen LogP contribution in [0.3, 0.4) is 0 Å². The highest BCUT2D eigenvalue weighted by atomic mass is 16.5. The van der Waals surface area contributed by atoms with Crippen LogP contribution in [0.15, 0.2) is 34.3 Å². The van der Waals surface area contributed by atoms with E-state index in [1.807, 2.05) is 15.9 Å². The lowest BCUT2D eigenvalue weighted by Gasteiger charge is -2.27. The van der Waals surface area contributed by atoms with Crippen LogP contribution in [0, 0.1) is 0 Å². The molecular weight excluding hydrogens is 488 g/mol. The minimum absolute atomic E-state index is 0.283. The molecule has 2 heterocycles. The molecule has 214 valence electrons. The van der Waals surface area contributed by atoms with E-state index >= 15 is 0 Å². The second kappa shape index (κ2) is 17.2. The zero-order valence-corrected chi connectivity index (χ0v) is 23.1. The molecule has 0 bridgehead atoms. The molecule has 0 radical (unpaired) electrons. The van der Waals surface area contributed by atoms with Gasteiger partial charge in [0.1, 0.15) is 13.2 Å². The molecule has 0 aliphatic carbocycles. The summed E-state index contributed by atoms with van der Waals surface area (Å²) in [6, 6.07) is 9.37. The number of aliphatic hydroxyl groups excluding tert-OH is 2. The van der Waals surface area contributed by atoms with Crippen molar-refractivity contribution in [1.29, 1.82) is 0 Å². The van der Waals surface area contributed by atoms with Gasteiger partial charge >= 0.3 is 0 Å². The third-order valence-corrected chi connectivity index (χ3v) is 6.19. The molecule has 0 amide bonds. The van der Waals surface area contributed by atoms with E-state index in [9.17, 15) is 10.2 Å². The van der Waals surface area contributed by atoms with Gasteiger partial charge in [0.15, 0.2) is 0 Å². The quantitative estimate of drug-likeness (QED) is 0.277. The van der Waals surface area contributed by atoms with Gasteiger partial charge in [-0.3, -0.25) is 0 Å². The largest absolute Gasteiger partial charge is 0.463 e. The summed E-state index contributed by atoms with van der Waals surface area (Å²) in [5.41, 5.74) is 2.13.